The number of ether oxygens (including phenoxy) is 1. The fourth-order valence-electron chi connectivity index (χ4n) is 2.72. The smallest absolute Gasteiger partial charge is 0.164 e. The van der Waals surface area contributed by atoms with Gasteiger partial charge in [0.1, 0.15) is 11.6 Å². The Morgan fingerprint density at radius 1 is 1.39 bits per heavy atom. The van der Waals surface area contributed by atoms with Crippen LogP contribution in [0.4, 0.5) is 0 Å². The Bertz CT molecular complexity index is 845. The molecule has 0 saturated heterocycles. The summed E-state index contributed by atoms with van der Waals surface area (Å²) >= 11 is 0. The number of benzene rings is 1. The Balaban J connectivity index is 2.17. The summed E-state index contributed by atoms with van der Waals surface area (Å²) in [6.07, 6.45) is 0.564. The molecule has 3 rings (SSSR count). The van der Waals surface area contributed by atoms with Gasteiger partial charge in [0.25, 0.3) is 0 Å². The lowest BCUT2D eigenvalue weighted by atomic mass is 9.92. The summed E-state index contributed by atoms with van der Waals surface area (Å²) in [7, 11) is 0. The van der Waals surface area contributed by atoms with Gasteiger partial charge in [0.05, 0.1) is 30.2 Å². The van der Waals surface area contributed by atoms with E-state index in [2.05, 4.69) is 11.2 Å². The van der Waals surface area contributed by atoms with Gasteiger partial charge in [0.2, 0.25) is 0 Å². The largest absolute Gasteiger partial charge is 0.392 e. The second-order valence-electron chi connectivity index (χ2n) is 6.22. The van der Waals surface area contributed by atoms with Crippen LogP contribution < -0.4 is 5.49 Å². The third kappa shape index (κ3) is 2.77. The molecule has 2 heterocycles. The van der Waals surface area contributed by atoms with Crippen molar-refractivity contribution in [2.24, 2.45) is 0 Å². The number of nitrogens with zero attached hydrogens (tertiary/aromatic N) is 3. The predicted molar refractivity (Wildman–Crippen MR) is 82.6 cm³/mol. The van der Waals surface area contributed by atoms with E-state index in [9.17, 15) is 5.26 Å². The van der Waals surface area contributed by atoms with Crippen molar-refractivity contribution >= 4 is 0 Å². The van der Waals surface area contributed by atoms with E-state index in [0.29, 0.717) is 30.0 Å². The van der Waals surface area contributed by atoms with Crippen LogP contribution in [0.3, 0.4) is 0 Å². The maximum atomic E-state index is 9.51. The molecule has 6 nitrogen and oxygen atoms in total. The van der Waals surface area contributed by atoms with E-state index in [1.807, 2.05) is 13.8 Å². The number of nitrogens with one attached hydrogen (secondary N) is 1. The topological polar surface area (TPSA) is 94.9 Å². The van der Waals surface area contributed by atoms with Crippen molar-refractivity contribution in [3.63, 3.8) is 0 Å². The highest BCUT2D eigenvalue weighted by atomic mass is 16.5. The van der Waals surface area contributed by atoms with Crippen LogP contribution in [0.2, 0.25) is 0 Å². The van der Waals surface area contributed by atoms with Crippen LogP contribution in [0.1, 0.15) is 36.2 Å². The molecule has 0 spiro atoms. The van der Waals surface area contributed by atoms with Crippen LogP contribution in [0.15, 0.2) is 24.3 Å². The molecule has 1 aliphatic rings. The highest BCUT2D eigenvalue weighted by Gasteiger charge is 2.30. The van der Waals surface area contributed by atoms with E-state index in [-0.39, 0.29) is 17.7 Å². The standard InChI is InChI=1S/C17H18N4O2/c1-17(2)7-13-14(8-18)16(19)21(20-15(13)10-23-17)12-5-3-11(9-22)4-6-12/h3-6,19,22H,7,9-10H2,1-2H3. The van der Waals surface area contributed by atoms with E-state index in [1.165, 1.54) is 4.68 Å². The molecule has 1 aromatic carbocycles. The van der Waals surface area contributed by atoms with Crippen molar-refractivity contribution in [2.75, 3.05) is 0 Å². The number of aliphatic hydroxyl groups excluding tert-OH is 1. The molecule has 118 valence electrons. The highest BCUT2D eigenvalue weighted by Crippen LogP contribution is 2.27. The first-order chi connectivity index (χ1) is 10.9. The molecule has 2 aromatic rings. The molecule has 0 amide bonds. The molecule has 0 fully saturated rings. The second-order valence-corrected chi connectivity index (χ2v) is 6.22. The SMILES string of the molecule is CC1(C)Cc2c(nn(-c3ccc(CO)cc3)c(=N)c2C#N)CO1. The Morgan fingerprint density at radius 3 is 2.70 bits per heavy atom. The molecule has 0 aliphatic carbocycles. The minimum Gasteiger partial charge on any atom is -0.392 e. The van der Waals surface area contributed by atoms with Gasteiger partial charge < -0.3 is 9.84 Å². The van der Waals surface area contributed by atoms with Gasteiger partial charge in [-0.15, -0.1) is 0 Å². The van der Waals surface area contributed by atoms with Gasteiger partial charge in [0.15, 0.2) is 5.49 Å². The average Bonchev–Trinajstić information content (AvgIpc) is 2.54. The average molecular weight is 310 g/mol. The van der Waals surface area contributed by atoms with Gasteiger partial charge in [-0.25, -0.2) is 4.68 Å². The molecule has 0 unspecified atom stereocenters. The Labute approximate surface area is 134 Å². The minimum atomic E-state index is -0.359. The molecule has 0 saturated carbocycles. The number of fused-ring (bicyclic) bond motifs is 1. The summed E-state index contributed by atoms with van der Waals surface area (Å²) in [4.78, 5) is 0. The Morgan fingerprint density at radius 2 is 2.09 bits per heavy atom. The number of hydrogen-bond donors (Lipinski definition) is 2. The minimum absolute atomic E-state index is 0.0390. The maximum absolute atomic E-state index is 9.51. The lowest BCUT2D eigenvalue weighted by Crippen LogP contribution is -2.37. The van der Waals surface area contributed by atoms with Gasteiger partial charge in [-0.1, -0.05) is 12.1 Å². The normalized spacial score (nSPS) is 15.7. The molecule has 1 aliphatic heterocycles. The van der Waals surface area contributed by atoms with Crippen molar-refractivity contribution in [1.82, 2.24) is 9.78 Å². The number of hydrogen-bond acceptors (Lipinski definition) is 5. The first-order valence-electron chi connectivity index (χ1n) is 7.39. The first kappa shape index (κ1) is 15.4. The molecule has 0 radical (unpaired) electrons. The van der Waals surface area contributed by atoms with Crippen LogP contribution in [-0.4, -0.2) is 20.5 Å². The zero-order valence-corrected chi connectivity index (χ0v) is 13.1. The van der Waals surface area contributed by atoms with Crippen LogP contribution in [0, 0.1) is 16.7 Å². The predicted octanol–water partition coefficient (Wildman–Crippen LogP) is 1.57. The highest BCUT2D eigenvalue weighted by molar-refractivity contribution is 5.42. The Hall–Kier alpha value is -2.49. The molecule has 2 N–H and O–H groups in total. The Kier molecular flexibility index (Phi) is 3.76. The van der Waals surface area contributed by atoms with Crippen molar-refractivity contribution < 1.29 is 9.84 Å². The van der Waals surface area contributed by atoms with E-state index in [0.717, 1.165) is 11.1 Å². The fraction of sp³-hybridized carbons (Fsp3) is 0.353. The quantitative estimate of drug-likeness (QED) is 0.880. The number of aliphatic hydroxyl groups is 1. The van der Waals surface area contributed by atoms with Crippen molar-refractivity contribution in [3.8, 4) is 11.8 Å². The van der Waals surface area contributed by atoms with Crippen molar-refractivity contribution in [3.05, 3.63) is 52.1 Å². The molecule has 6 heteroatoms. The fourth-order valence-corrected chi connectivity index (χ4v) is 2.72. The molecular formula is C17H18N4O2. The molecular weight excluding hydrogens is 292 g/mol. The van der Waals surface area contributed by atoms with Gasteiger partial charge in [-0.2, -0.15) is 10.4 Å². The monoisotopic (exact) mass is 310 g/mol. The lowest BCUT2D eigenvalue weighted by Gasteiger charge is -2.31. The van der Waals surface area contributed by atoms with Crippen LogP contribution in [0.5, 0.6) is 0 Å². The van der Waals surface area contributed by atoms with Crippen LogP contribution in [0.25, 0.3) is 5.69 Å². The van der Waals surface area contributed by atoms with Crippen molar-refractivity contribution in [2.45, 2.75) is 39.1 Å². The van der Waals surface area contributed by atoms with Crippen molar-refractivity contribution in [1.29, 1.82) is 10.7 Å². The molecule has 0 atom stereocenters. The van der Waals surface area contributed by atoms with E-state index in [1.54, 1.807) is 24.3 Å². The van der Waals surface area contributed by atoms with E-state index in [4.69, 9.17) is 15.3 Å². The molecule has 23 heavy (non-hydrogen) atoms. The third-order valence-electron chi connectivity index (χ3n) is 4.00. The van der Waals surface area contributed by atoms with Gasteiger partial charge in [-0.05, 0) is 31.5 Å². The second kappa shape index (κ2) is 5.61. The summed E-state index contributed by atoms with van der Waals surface area (Å²) in [6.45, 7) is 4.22. The summed E-state index contributed by atoms with van der Waals surface area (Å²) < 4.78 is 7.22. The summed E-state index contributed by atoms with van der Waals surface area (Å²) in [5.74, 6) is 0. The third-order valence-corrected chi connectivity index (χ3v) is 4.00. The van der Waals surface area contributed by atoms with Gasteiger partial charge >= 0.3 is 0 Å². The zero-order valence-electron chi connectivity index (χ0n) is 13.1. The van der Waals surface area contributed by atoms with E-state index >= 15 is 0 Å². The van der Waals surface area contributed by atoms with Gasteiger partial charge in [-0.3, -0.25) is 5.41 Å². The molecule has 1 aromatic heterocycles. The van der Waals surface area contributed by atoms with E-state index < -0.39 is 0 Å². The first-order valence-corrected chi connectivity index (χ1v) is 7.39. The maximum Gasteiger partial charge on any atom is 0.164 e. The van der Waals surface area contributed by atoms with Crippen LogP contribution >= 0.6 is 0 Å². The summed E-state index contributed by atoms with van der Waals surface area (Å²) in [6, 6.07) is 9.25. The van der Waals surface area contributed by atoms with Gasteiger partial charge in [0, 0.05) is 12.0 Å². The lowest BCUT2D eigenvalue weighted by molar-refractivity contribution is -0.0428. The van der Waals surface area contributed by atoms with Crippen LogP contribution in [-0.2, 0) is 24.4 Å². The molecule has 0 bridgehead atoms. The number of rotatable bonds is 2. The number of aromatic nitrogens is 2. The summed E-state index contributed by atoms with van der Waals surface area (Å²) in [5, 5.41) is 31.5. The zero-order chi connectivity index (χ0) is 16.6. The summed E-state index contributed by atoms with van der Waals surface area (Å²) in [5.41, 5.74) is 3.01. The number of nitriles is 1.